The summed E-state index contributed by atoms with van der Waals surface area (Å²) in [6, 6.07) is 21.7. The molecule has 6 heteroatoms. The molecule has 0 radical (unpaired) electrons. The maximum absolute atomic E-state index is 13.3. The minimum Gasteiger partial charge on any atom is -0.489 e. The van der Waals surface area contributed by atoms with Gasteiger partial charge in [0.25, 0.3) is 0 Å². The maximum Gasteiger partial charge on any atom is 0.129 e. The molecule has 0 amide bonds. The molecule has 34 heavy (non-hydrogen) atoms. The van der Waals surface area contributed by atoms with E-state index in [9.17, 15) is 14.6 Å². The number of ether oxygens (including phenoxy) is 2. The second-order valence-corrected chi connectivity index (χ2v) is 9.70. The van der Waals surface area contributed by atoms with E-state index in [1.807, 2.05) is 48.5 Å². The summed E-state index contributed by atoms with van der Waals surface area (Å²) in [6.45, 7) is 1.75. The van der Waals surface area contributed by atoms with Gasteiger partial charge in [0.2, 0.25) is 0 Å². The van der Waals surface area contributed by atoms with Crippen LogP contribution in [0.1, 0.15) is 42.1 Å². The Morgan fingerprint density at radius 1 is 1.00 bits per heavy atom. The highest BCUT2D eigenvalue weighted by atomic mass is 19.1. The first kappa shape index (κ1) is 21.6. The summed E-state index contributed by atoms with van der Waals surface area (Å²) >= 11 is 0. The van der Waals surface area contributed by atoms with E-state index in [1.54, 1.807) is 12.1 Å². The summed E-state index contributed by atoms with van der Waals surface area (Å²) in [4.78, 5) is 2.27. The van der Waals surface area contributed by atoms with Crippen LogP contribution >= 0.6 is 0 Å². The van der Waals surface area contributed by atoms with Gasteiger partial charge in [-0.15, -0.1) is 0 Å². The van der Waals surface area contributed by atoms with Crippen LogP contribution in [0.4, 0.5) is 4.39 Å². The lowest BCUT2D eigenvalue weighted by Crippen LogP contribution is -2.53. The number of benzene rings is 3. The third-order valence-electron chi connectivity index (χ3n) is 7.74. The Morgan fingerprint density at radius 3 is 2.47 bits per heavy atom. The summed E-state index contributed by atoms with van der Waals surface area (Å²) in [5.41, 5.74) is 1.18. The van der Waals surface area contributed by atoms with Crippen LogP contribution in [-0.4, -0.2) is 39.8 Å². The monoisotopic (exact) mass is 461 g/mol. The number of halogens is 1. The van der Waals surface area contributed by atoms with Crippen LogP contribution in [0, 0.1) is 5.82 Å². The first-order valence-electron chi connectivity index (χ1n) is 11.9. The fraction of sp³-hybridized carbons (Fsp3) is 0.357. The predicted octanol–water partition coefficient (Wildman–Crippen LogP) is 4.33. The molecule has 5 nitrogen and oxygen atoms in total. The van der Waals surface area contributed by atoms with Gasteiger partial charge in [0.05, 0.1) is 11.1 Å². The molecule has 1 saturated heterocycles. The van der Waals surface area contributed by atoms with Crippen molar-refractivity contribution in [1.29, 1.82) is 0 Å². The molecule has 0 unspecified atom stereocenters. The summed E-state index contributed by atoms with van der Waals surface area (Å²) in [5.74, 6) is 1.08. The van der Waals surface area contributed by atoms with E-state index in [-0.39, 0.29) is 11.9 Å². The molecule has 3 aliphatic rings. The van der Waals surface area contributed by atoms with Crippen LogP contribution in [0.15, 0.2) is 72.8 Å². The Labute approximate surface area is 198 Å². The van der Waals surface area contributed by atoms with Crippen LogP contribution < -0.4 is 9.47 Å². The molecule has 176 valence electrons. The molecule has 2 fully saturated rings. The third kappa shape index (κ3) is 3.57. The van der Waals surface area contributed by atoms with Gasteiger partial charge in [0.15, 0.2) is 0 Å². The lowest BCUT2D eigenvalue weighted by atomic mass is 9.83. The lowest BCUT2D eigenvalue weighted by Gasteiger charge is -2.45. The van der Waals surface area contributed by atoms with Gasteiger partial charge in [-0.2, -0.15) is 0 Å². The number of hydrogen-bond donors (Lipinski definition) is 2. The number of likely N-dealkylation sites (tertiary alicyclic amines) is 1. The van der Waals surface area contributed by atoms with Crippen molar-refractivity contribution in [2.75, 3.05) is 13.1 Å². The molecule has 2 N–H and O–H groups in total. The van der Waals surface area contributed by atoms with Crippen molar-refractivity contribution in [3.63, 3.8) is 0 Å². The molecular weight excluding hydrogens is 433 g/mol. The topological polar surface area (TPSA) is 62.2 Å². The molecule has 1 aliphatic carbocycles. The SMILES string of the molecule is O[C@H]1c2ccc(OCc3ccccc3)cc2O[C@@H]2C[C@@]21N1CCC(O)(c2ccc(F)cc2)CC1. The molecule has 3 atom stereocenters. The van der Waals surface area contributed by atoms with E-state index >= 15 is 0 Å². The molecule has 0 spiro atoms. The second-order valence-electron chi connectivity index (χ2n) is 9.70. The van der Waals surface area contributed by atoms with Crippen LogP contribution in [0.25, 0.3) is 0 Å². The second kappa shape index (κ2) is 8.08. The highest BCUT2D eigenvalue weighted by molar-refractivity contribution is 5.48. The number of piperidine rings is 1. The zero-order valence-electron chi connectivity index (χ0n) is 18.9. The van der Waals surface area contributed by atoms with Gasteiger partial charge in [-0.25, -0.2) is 4.39 Å². The van der Waals surface area contributed by atoms with Crippen molar-refractivity contribution in [2.24, 2.45) is 0 Å². The standard InChI is InChI=1S/C28H28FNO4/c29-21-8-6-20(7-9-21)27(32)12-14-30(15-13-27)28-17-25(28)34-24-16-22(10-11-23(24)26(28)31)33-18-19-4-2-1-3-5-19/h1-11,16,25-26,31-32H,12-15,17-18H2/t25-,26+,28-/m1/s1. The normalized spacial score (nSPS) is 27.3. The molecule has 3 aromatic carbocycles. The number of rotatable bonds is 5. The van der Waals surface area contributed by atoms with E-state index in [4.69, 9.17) is 9.47 Å². The Hall–Kier alpha value is -2.93. The summed E-state index contributed by atoms with van der Waals surface area (Å²) in [6.07, 6.45) is 1.05. The van der Waals surface area contributed by atoms with Gasteiger partial charge in [0.1, 0.15) is 36.1 Å². The van der Waals surface area contributed by atoms with Crippen molar-refractivity contribution in [3.05, 3.63) is 95.3 Å². The molecule has 1 saturated carbocycles. The fourth-order valence-corrected chi connectivity index (χ4v) is 5.61. The Morgan fingerprint density at radius 2 is 1.74 bits per heavy atom. The average molecular weight is 462 g/mol. The molecule has 0 aromatic heterocycles. The number of aliphatic hydroxyl groups is 2. The van der Waals surface area contributed by atoms with Crippen LogP contribution in [0.2, 0.25) is 0 Å². The molecule has 2 aliphatic heterocycles. The third-order valence-corrected chi connectivity index (χ3v) is 7.74. The van der Waals surface area contributed by atoms with Gasteiger partial charge in [-0.05, 0) is 48.2 Å². The smallest absolute Gasteiger partial charge is 0.129 e. The Kier molecular flexibility index (Phi) is 5.13. The molecule has 0 bridgehead atoms. The first-order valence-corrected chi connectivity index (χ1v) is 11.9. The first-order chi connectivity index (χ1) is 16.5. The highest BCUT2D eigenvalue weighted by Gasteiger charge is 2.68. The molecule has 3 aromatic rings. The summed E-state index contributed by atoms with van der Waals surface area (Å²) in [7, 11) is 0. The molecule has 2 heterocycles. The minimum absolute atomic E-state index is 0.0867. The number of fused-ring (bicyclic) bond motifs is 2. The van der Waals surface area contributed by atoms with Crippen molar-refractivity contribution < 1.29 is 24.1 Å². The fourth-order valence-electron chi connectivity index (χ4n) is 5.61. The van der Waals surface area contributed by atoms with Crippen LogP contribution in [0.3, 0.4) is 0 Å². The van der Waals surface area contributed by atoms with E-state index < -0.39 is 17.2 Å². The Balaban J connectivity index is 1.15. The Bertz CT molecular complexity index is 1180. The van der Waals surface area contributed by atoms with Crippen molar-refractivity contribution >= 4 is 0 Å². The van der Waals surface area contributed by atoms with Gasteiger partial charge < -0.3 is 19.7 Å². The largest absolute Gasteiger partial charge is 0.489 e. The number of hydrogen-bond acceptors (Lipinski definition) is 5. The zero-order chi connectivity index (χ0) is 23.3. The van der Waals surface area contributed by atoms with Gasteiger partial charge in [-0.1, -0.05) is 42.5 Å². The van der Waals surface area contributed by atoms with Gasteiger partial charge in [0, 0.05) is 31.1 Å². The van der Waals surface area contributed by atoms with E-state index in [1.165, 1.54) is 12.1 Å². The van der Waals surface area contributed by atoms with Gasteiger partial charge >= 0.3 is 0 Å². The molecule has 6 rings (SSSR count). The van der Waals surface area contributed by atoms with Gasteiger partial charge in [-0.3, -0.25) is 4.90 Å². The van der Waals surface area contributed by atoms with E-state index in [0.717, 1.165) is 23.1 Å². The molecular formula is C28H28FNO4. The van der Waals surface area contributed by atoms with E-state index in [2.05, 4.69) is 4.90 Å². The van der Waals surface area contributed by atoms with E-state index in [0.29, 0.717) is 44.0 Å². The van der Waals surface area contributed by atoms with Crippen molar-refractivity contribution in [1.82, 2.24) is 4.90 Å². The summed E-state index contributed by atoms with van der Waals surface area (Å²) < 4.78 is 25.5. The minimum atomic E-state index is -0.978. The van der Waals surface area contributed by atoms with Crippen LogP contribution in [0.5, 0.6) is 11.5 Å². The predicted molar refractivity (Wildman–Crippen MR) is 125 cm³/mol. The number of nitrogens with zero attached hydrogens (tertiary/aromatic N) is 1. The zero-order valence-corrected chi connectivity index (χ0v) is 18.9. The average Bonchev–Trinajstić information content (AvgIpc) is 3.60. The lowest BCUT2D eigenvalue weighted by molar-refractivity contribution is -0.0739. The quantitative estimate of drug-likeness (QED) is 0.593. The maximum atomic E-state index is 13.3. The highest BCUT2D eigenvalue weighted by Crippen LogP contribution is 2.59. The summed E-state index contributed by atoms with van der Waals surface area (Å²) in [5, 5.41) is 22.6. The van der Waals surface area contributed by atoms with Crippen LogP contribution in [-0.2, 0) is 12.2 Å². The van der Waals surface area contributed by atoms with Crippen molar-refractivity contribution in [2.45, 2.75) is 49.2 Å². The number of aliphatic hydroxyl groups excluding tert-OH is 1. The van der Waals surface area contributed by atoms with Crippen molar-refractivity contribution in [3.8, 4) is 11.5 Å².